The molecule has 0 saturated heterocycles. The topological polar surface area (TPSA) is 46.3 Å². The Morgan fingerprint density at radius 1 is 1.35 bits per heavy atom. The highest BCUT2D eigenvalue weighted by Gasteiger charge is 2.20. The van der Waals surface area contributed by atoms with Crippen LogP contribution in [0.4, 0.5) is 5.69 Å². The second-order valence-electron chi connectivity index (χ2n) is 5.42. The fourth-order valence-electron chi connectivity index (χ4n) is 2.77. The lowest BCUT2D eigenvalue weighted by Gasteiger charge is -2.27. The number of benzene rings is 1. The number of anilines is 1. The maximum Gasteiger partial charge on any atom is 0.255 e. The highest BCUT2D eigenvalue weighted by atomic mass is 79.9. The van der Waals surface area contributed by atoms with Gasteiger partial charge in [0.05, 0.1) is 5.56 Å². The van der Waals surface area contributed by atoms with Crippen LogP contribution >= 0.6 is 28.3 Å². The number of amides is 1. The SMILES string of the molecule is CN(CC1CCCCC1)C(=O)c1ccc(Br)cc1N.Cl. The molecule has 5 heteroatoms. The number of carbonyl (C=O) groups excluding carboxylic acids is 1. The number of halogens is 2. The number of hydrogen-bond donors (Lipinski definition) is 1. The van der Waals surface area contributed by atoms with E-state index in [0.717, 1.165) is 11.0 Å². The molecule has 0 spiro atoms. The highest BCUT2D eigenvalue weighted by molar-refractivity contribution is 9.10. The van der Waals surface area contributed by atoms with E-state index in [0.29, 0.717) is 17.2 Å². The highest BCUT2D eigenvalue weighted by Crippen LogP contribution is 2.25. The summed E-state index contributed by atoms with van der Waals surface area (Å²) in [5.74, 6) is 0.676. The van der Waals surface area contributed by atoms with Crippen LogP contribution in [0, 0.1) is 5.92 Å². The van der Waals surface area contributed by atoms with Gasteiger partial charge in [-0.2, -0.15) is 0 Å². The number of carbonyl (C=O) groups is 1. The maximum absolute atomic E-state index is 12.4. The molecule has 0 heterocycles. The first kappa shape index (κ1) is 17.3. The summed E-state index contributed by atoms with van der Waals surface area (Å²) in [6.07, 6.45) is 6.43. The molecule has 20 heavy (non-hydrogen) atoms. The lowest BCUT2D eigenvalue weighted by molar-refractivity contribution is 0.0761. The van der Waals surface area contributed by atoms with Crippen molar-refractivity contribution in [1.29, 1.82) is 0 Å². The van der Waals surface area contributed by atoms with Gasteiger partial charge in [-0.15, -0.1) is 12.4 Å². The van der Waals surface area contributed by atoms with Gasteiger partial charge in [-0.25, -0.2) is 0 Å². The molecular formula is C15H22BrClN2O. The Kier molecular flexibility index (Phi) is 6.83. The van der Waals surface area contributed by atoms with E-state index in [2.05, 4.69) is 15.9 Å². The third kappa shape index (κ3) is 4.38. The van der Waals surface area contributed by atoms with Gasteiger partial charge >= 0.3 is 0 Å². The van der Waals surface area contributed by atoms with Gasteiger partial charge in [0.15, 0.2) is 0 Å². The standard InChI is InChI=1S/C15H21BrN2O.ClH/c1-18(10-11-5-3-2-4-6-11)15(19)13-8-7-12(16)9-14(13)17;/h7-9,11H,2-6,10,17H2,1H3;1H. The summed E-state index contributed by atoms with van der Waals surface area (Å²) < 4.78 is 0.900. The normalized spacial score (nSPS) is 15.5. The Hall–Kier alpha value is -0.740. The zero-order valence-corrected chi connectivity index (χ0v) is 14.2. The van der Waals surface area contributed by atoms with Crippen LogP contribution in [0.1, 0.15) is 42.5 Å². The first-order chi connectivity index (χ1) is 9.08. The molecule has 2 rings (SSSR count). The summed E-state index contributed by atoms with van der Waals surface area (Å²) in [5, 5.41) is 0. The lowest BCUT2D eigenvalue weighted by Crippen LogP contribution is -2.33. The van der Waals surface area contributed by atoms with Crippen LogP contribution in [0.5, 0.6) is 0 Å². The first-order valence-electron chi connectivity index (χ1n) is 6.88. The Morgan fingerprint density at radius 2 is 2.00 bits per heavy atom. The summed E-state index contributed by atoms with van der Waals surface area (Å²) in [6, 6.07) is 5.43. The van der Waals surface area contributed by atoms with Crippen molar-refractivity contribution in [3.05, 3.63) is 28.2 Å². The van der Waals surface area contributed by atoms with E-state index in [-0.39, 0.29) is 18.3 Å². The molecule has 1 aliphatic rings. The Labute approximate surface area is 135 Å². The molecule has 0 unspecified atom stereocenters. The quantitative estimate of drug-likeness (QED) is 0.824. The fourth-order valence-corrected chi connectivity index (χ4v) is 3.15. The number of nitrogens with zero attached hydrogens (tertiary/aromatic N) is 1. The minimum Gasteiger partial charge on any atom is -0.398 e. The molecule has 1 saturated carbocycles. The van der Waals surface area contributed by atoms with E-state index in [9.17, 15) is 4.79 Å². The molecule has 1 aliphatic carbocycles. The fraction of sp³-hybridized carbons (Fsp3) is 0.533. The zero-order valence-electron chi connectivity index (χ0n) is 11.8. The summed E-state index contributed by atoms with van der Waals surface area (Å²) in [5.41, 5.74) is 7.05. The van der Waals surface area contributed by atoms with Crippen molar-refractivity contribution < 1.29 is 4.79 Å². The van der Waals surface area contributed by atoms with E-state index in [1.54, 1.807) is 12.1 Å². The van der Waals surface area contributed by atoms with Gasteiger partial charge in [0.25, 0.3) is 5.91 Å². The minimum atomic E-state index is 0. The summed E-state index contributed by atoms with van der Waals surface area (Å²) in [7, 11) is 1.87. The summed E-state index contributed by atoms with van der Waals surface area (Å²) in [4.78, 5) is 14.2. The largest absolute Gasteiger partial charge is 0.398 e. The van der Waals surface area contributed by atoms with Crippen LogP contribution in [0.25, 0.3) is 0 Å². The number of nitrogens with two attached hydrogens (primary N) is 1. The second-order valence-corrected chi connectivity index (χ2v) is 6.34. The molecule has 0 radical (unpaired) electrons. The smallest absolute Gasteiger partial charge is 0.255 e. The molecule has 1 aromatic carbocycles. The average Bonchev–Trinajstić information content (AvgIpc) is 2.39. The third-order valence-electron chi connectivity index (χ3n) is 3.85. The van der Waals surface area contributed by atoms with Gasteiger partial charge in [0, 0.05) is 23.8 Å². The third-order valence-corrected chi connectivity index (χ3v) is 4.34. The van der Waals surface area contributed by atoms with E-state index >= 15 is 0 Å². The predicted octanol–water partition coefficient (Wildman–Crippen LogP) is 4.11. The van der Waals surface area contributed by atoms with Gasteiger partial charge < -0.3 is 10.6 Å². The lowest BCUT2D eigenvalue weighted by atomic mass is 9.89. The molecule has 0 aliphatic heterocycles. The van der Waals surface area contributed by atoms with Gasteiger partial charge in [0.2, 0.25) is 0 Å². The van der Waals surface area contributed by atoms with Crippen molar-refractivity contribution in [3.63, 3.8) is 0 Å². The predicted molar refractivity (Wildman–Crippen MR) is 89.3 cm³/mol. The van der Waals surface area contributed by atoms with Crippen LogP contribution in [-0.2, 0) is 0 Å². The minimum absolute atomic E-state index is 0. The van der Waals surface area contributed by atoms with Crippen LogP contribution < -0.4 is 5.73 Å². The van der Waals surface area contributed by atoms with Crippen LogP contribution in [-0.4, -0.2) is 24.4 Å². The van der Waals surface area contributed by atoms with Crippen molar-refractivity contribution in [2.24, 2.45) is 5.92 Å². The van der Waals surface area contributed by atoms with Crippen LogP contribution in [0.15, 0.2) is 22.7 Å². The number of nitrogen functional groups attached to an aromatic ring is 1. The van der Waals surface area contributed by atoms with Crippen molar-refractivity contribution in [2.75, 3.05) is 19.3 Å². The van der Waals surface area contributed by atoms with Gasteiger partial charge in [-0.05, 0) is 37.0 Å². The van der Waals surface area contributed by atoms with Gasteiger partial charge in [-0.1, -0.05) is 35.2 Å². The van der Waals surface area contributed by atoms with E-state index in [1.165, 1.54) is 32.1 Å². The average molecular weight is 362 g/mol. The molecule has 2 N–H and O–H groups in total. The number of hydrogen-bond acceptors (Lipinski definition) is 2. The van der Waals surface area contributed by atoms with Crippen molar-refractivity contribution in [1.82, 2.24) is 4.90 Å². The van der Waals surface area contributed by atoms with E-state index < -0.39 is 0 Å². The van der Waals surface area contributed by atoms with Crippen molar-refractivity contribution in [3.8, 4) is 0 Å². The van der Waals surface area contributed by atoms with Crippen LogP contribution in [0.3, 0.4) is 0 Å². The Balaban J connectivity index is 0.00000200. The van der Waals surface area contributed by atoms with E-state index in [4.69, 9.17) is 5.73 Å². The van der Waals surface area contributed by atoms with Gasteiger partial charge in [0.1, 0.15) is 0 Å². The molecular weight excluding hydrogens is 340 g/mol. The van der Waals surface area contributed by atoms with E-state index in [1.807, 2.05) is 18.0 Å². The molecule has 1 amide bonds. The molecule has 0 atom stereocenters. The Bertz CT molecular complexity index is 461. The first-order valence-corrected chi connectivity index (χ1v) is 7.67. The molecule has 3 nitrogen and oxygen atoms in total. The molecule has 112 valence electrons. The van der Waals surface area contributed by atoms with Crippen molar-refractivity contribution in [2.45, 2.75) is 32.1 Å². The summed E-state index contributed by atoms with van der Waals surface area (Å²) in [6.45, 7) is 0.842. The van der Waals surface area contributed by atoms with Crippen LogP contribution in [0.2, 0.25) is 0 Å². The number of rotatable bonds is 3. The monoisotopic (exact) mass is 360 g/mol. The van der Waals surface area contributed by atoms with Crippen molar-refractivity contribution >= 4 is 39.9 Å². The molecule has 1 fully saturated rings. The summed E-state index contributed by atoms with van der Waals surface area (Å²) >= 11 is 3.36. The van der Waals surface area contributed by atoms with Gasteiger partial charge in [-0.3, -0.25) is 4.79 Å². The molecule has 1 aromatic rings. The maximum atomic E-state index is 12.4. The molecule has 0 bridgehead atoms. The second kappa shape index (κ2) is 7.89. The zero-order chi connectivity index (χ0) is 13.8. The Morgan fingerprint density at radius 3 is 2.60 bits per heavy atom. The molecule has 0 aromatic heterocycles.